The number of amides is 1. The van der Waals surface area contributed by atoms with Gasteiger partial charge >= 0.3 is 0 Å². The first-order valence-corrected chi connectivity index (χ1v) is 7.49. The third kappa shape index (κ3) is 3.37. The van der Waals surface area contributed by atoms with Gasteiger partial charge in [-0.1, -0.05) is 48.5 Å². The predicted octanol–water partition coefficient (Wildman–Crippen LogP) is 3.51. The van der Waals surface area contributed by atoms with Crippen LogP contribution in [0.4, 0.5) is 0 Å². The number of carbonyl (C=O) groups excluding carboxylic acids is 1. The first kappa shape index (κ1) is 14.4. The molecule has 1 N–H and O–H groups in total. The molecule has 2 aromatic rings. The molecule has 1 aliphatic rings. The average molecular weight is 293 g/mol. The molecular formula is C19H19NO2. The third-order valence-corrected chi connectivity index (χ3v) is 3.68. The van der Waals surface area contributed by atoms with Crippen LogP contribution in [0.1, 0.15) is 24.0 Å². The molecule has 1 saturated carbocycles. The van der Waals surface area contributed by atoms with Gasteiger partial charge in [-0.25, -0.2) is 0 Å². The lowest BCUT2D eigenvalue weighted by atomic mass is 10.0. The number of carbonyl (C=O) groups is 1. The summed E-state index contributed by atoms with van der Waals surface area (Å²) in [5.74, 6) is 0.731. The molecule has 1 aliphatic carbocycles. The second-order valence-electron chi connectivity index (χ2n) is 5.41. The fraction of sp³-hybridized carbons (Fsp3) is 0.211. The molecule has 3 rings (SSSR count). The van der Waals surface area contributed by atoms with Gasteiger partial charge in [0.15, 0.2) is 0 Å². The molecule has 0 bridgehead atoms. The first-order chi connectivity index (χ1) is 10.8. The maximum atomic E-state index is 12.6. The largest absolute Gasteiger partial charge is 0.496 e. The Kier molecular flexibility index (Phi) is 4.24. The number of para-hydroxylation sites is 1. The normalized spacial score (nSPS) is 14.5. The summed E-state index contributed by atoms with van der Waals surface area (Å²) in [7, 11) is 1.64. The molecule has 22 heavy (non-hydrogen) atoms. The van der Waals surface area contributed by atoms with Crippen LogP contribution in [0, 0.1) is 0 Å². The van der Waals surface area contributed by atoms with Crippen molar-refractivity contribution in [2.24, 2.45) is 0 Å². The number of benzene rings is 2. The van der Waals surface area contributed by atoms with Crippen molar-refractivity contribution in [2.75, 3.05) is 7.11 Å². The zero-order chi connectivity index (χ0) is 15.4. The van der Waals surface area contributed by atoms with Crippen LogP contribution in [-0.2, 0) is 4.79 Å². The molecule has 112 valence electrons. The van der Waals surface area contributed by atoms with E-state index in [9.17, 15) is 4.79 Å². The summed E-state index contributed by atoms with van der Waals surface area (Å²) in [4.78, 5) is 12.6. The summed E-state index contributed by atoms with van der Waals surface area (Å²) in [5.41, 5.74) is 2.47. The number of methoxy groups -OCH3 is 1. The topological polar surface area (TPSA) is 38.3 Å². The number of nitrogens with one attached hydrogen (secondary N) is 1. The maximum absolute atomic E-state index is 12.6. The highest BCUT2D eigenvalue weighted by molar-refractivity contribution is 6.24. The SMILES string of the molecule is COc1ccccc1C=C(C(=O)NC1CC1)c1ccccc1. The van der Waals surface area contributed by atoms with E-state index in [2.05, 4.69) is 5.32 Å². The van der Waals surface area contributed by atoms with Crippen LogP contribution in [-0.4, -0.2) is 19.1 Å². The summed E-state index contributed by atoms with van der Waals surface area (Å²) in [5, 5.41) is 3.06. The van der Waals surface area contributed by atoms with Crippen molar-refractivity contribution >= 4 is 17.6 Å². The highest BCUT2D eigenvalue weighted by Gasteiger charge is 2.25. The van der Waals surface area contributed by atoms with Crippen molar-refractivity contribution in [1.29, 1.82) is 0 Å². The Hall–Kier alpha value is -2.55. The van der Waals surface area contributed by atoms with Gasteiger partial charge in [-0.15, -0.1) is 0 Å². The maximum Gasteiger partial charge on any atom is 0.252 e. The predicted molar refractivity (Wildman–Crippen MR) is 88.5 cm³/mol. The minimum absolute atomic E-state index is 0.0281. The van der Waals surface area contributed by atoms with Crippen LogP contribution in [0.25, 0.3) is 11.6 Å². The molecule has 3 heteroatoms. The van der Waals surface area contributed by atoms with Crippen molar-refractivity contribution < 1.29 is 9.53 Å². The molecule has 0 atom stereocenters. The van der Waals surface area contributed by atoms with Gasteiger partial charge < -0.3 is 10.1 Å². The van der Waals surface area contributed by atoms with Gasteiger partial charge in [0.05, 0.1) is 7.11 Å². The Morgan fingerprint density at radius 1 is 1.09 bits per heavy atom. The fourth-order valence-electron chi connectivity index (χ4n) is 2.33. The Balaban J connectivity index is 2.00. The van der Waals surface area contributed by atoms with Crippen LogP contribution in [0.3, 0.4) is 0 Å². The molecule has 0 aliphatic heterocycles. The van der Waals surface area contributed by atoms with E-state index in [1.54, 1.807) is 7.11 Å². The number of hydrogen-bond donors (Lipinski definition) is 1. The summed E-state index contributed by atoms with van der Waals surface area (Å²) in [6.07, 6.45) is 4.04. The lowest BCUT2D eigenvalue weighted by Crippen LogP contribution is -2.26. The Labute approximate surface area is 130 Å². The molecular weight excluding hydrogens is 274 g/mol. The van der Waals surface area contributed by atoms with Crippen LogP contribution in [0.5, 0.6) is 5.75 Å². The average Bonchev–Trinajstić information content (AvgIpc) is 3.37. The first-order valence-electron chi connectivity index (χ1n) is 7.49. The van der Waals surface area contributed by atoms with Crippen molar-refractivity contribution in [3.05, 3.63) is 65.7 Å². The van der Waals surface area contributed by atoms with Crippen LogP contribution >= 0.6 is 0 Å². The smallest absolute Gasteiger partial charge is 0.252 e. The fourth-order valence-corrected chi connectivity index (χ4v) is 2.33. The molecule has 0 unspecified atom stereocenters. The third-order valence-electron chi connectivity index (χ3n) is 3.68. The lowest BCUT2D eigenvalue weighted by Gasteiger charge is -2.10. The molecule has 1 amide bonds. The number of ether oxygens (including phenoxy) is 1. The molecule has 3 nitrogen and oxygen atoms in total. The molecule has 0 spiro atoms. The second kappa shape index (κ2) is 6.48. The van der Waals surface area contributed by atoms with E-state index in [-0.39, 0.29) is 5.91 Å². The van der Waals surface area contributed by atoms with E-state index in [1.807, 2.05) is 60.7 Å². The summed E-state index contributed by atoms with van der Waals surface area (Å²) in [6.45, 7) is 0. The van der Waals surface area contributed by atoms with Gasteiger partial charge in [-0.05, 0) is 30.5 Å². The molecule has 0 radical (unpaired) electrons. The summed E-state index contributed by atoms with van der Waals surface area (Å²) < 4.78 is 5.38. The summed E-state index contributed by atoms with van der Waals surface area (Å²) in [6, 6.07) is 17.8. The zero-order valence-corrected chi connectivity index (χ0v) is 12.6. The van der Waals surface area contributed by atoms with Gasteiger partial charge in [0.25, 0.3) is 5.91 Å². The van der Waals surface area contributed by atoms with Crippen molar-refractivity contribution in [3.63, 3.8) is 0 Å². The van der Waals surface area contributed by atoms with Crippen LogP contribution in [0.15, 0.2) is 54.6 Å². The van der Waals surface area contributed by atoms with Crippen molar-refractivity contribution in [1.82, 2.24) is 5.32 Å². The monoisotopic (exact) mass is 293 g/mol. The van der Waals surface area contributed by atoms with Gasteiger partial charge in [0, 0.05) is 17.2 Å². The van der Waals surface area contributed by atoms with E-state index < -0.39 is 0 Å². The van der Waals surface area contributed by atoms with Crippen molar-refractivity contribution in [3.8, 4) is 5.75 Å². The molecule has 2 aromatic carbocycles. The van der Waals surface area contributed by atoms with E-state index in [0.717, 1.165) is 29.7 Å². The van der Waals surface area contributed by atoms with E-state index >= 15 is 0 Å². The highest BCUT2D eigenvalue weighted by Crippen LogP contribution is 2.26. The van der Waals surface area contributed by atoms with E-state index in [1.165, 1.54) is 0 Å². The summed E-state index contributed by atoms with van der Waals surface area (Å²) >= 11 is 0. The van der Waals surface area contributed by atoms with Gasteiger partial charge in [0.2, 0.25) is 0 Å². The van der Waals surface area contributed by atoms with Gasteiger partial charge in [-0.2, -0.15) is 0 Å². The molecule has 0 aromatic heterocycles. The molecule has 1 fully saturated rings. The quantitative estimate of drug-likeness (QED) is 0.676. The standard InChI is InChI=1S/C19H19NO2/c1-22-18-10-6-5-9-15(18)13-17(14-7-3-2-4-8-14)19(21)20-16-11-12-16/h2-10,13,16H,11-12H2,1H3,(H,20,21). The Bertz CT molecular complexity index is 688. The molecule has 0 heterocycles. The van der Waals surface area contributed by atoms with Crippen LogP contribution in [0.2, 0.25) is 0 Å². The van der Waals surface area contributed by atoms with Crippen LogP contribution < -0.4 is 10.1 Å². The second-order valence-corrected chi connectivity index (χ2v) is 5.41. The van der Waals surface area contributed by atoms with Gasteiger partial charge in [-0.3, -0.25) is 4.79 Å². The zero-order valence-electron chi connectivity index (χ0n) is 12.6. The number of rotatable bonds is 5. The minimum Gasteiger partial charge on any atom is -0.496 e. The van der Waals surface area contributed by atoms with Gasteiger partial charge in [0.1, 0.15) is 5.75 Å². The van der Waals surface area contributed by atoms with E-state index in [4.69, 9.17) is 4.74 Å². The Morgan fingerprint density at radius 3 is 2.45 bits per heavy atom. The Morgan fingerprint density at radius 2 is 1.77 bits per heavy atom. The molecule has 0 saturated heterocycles. The number of hydrogen-bond acceptors (Lipinski definition) is 2. The van der Waals surface area contributed by atoms with E-state index in [0.29, 0.717) is 11.6 Å². The van der Waals surface area contributed by atoms with Crippen molar-refractivity contribution in [2.45, 2.75) is 18.9 Å². The minimum atomic E-state index is -0.0281. The lowest BCUT2D eigenvalue weighted by molar-refractivity contribution is -0.115. The highest BCUT2D eigenvalue weighted by atomic mass is 16.5.